The van der Waals surface area contributed by atoms with Gasteiger partial charge in [0.2, 0.25) is 0 Å². The van der Waals surface area contributed by atoms with Gasteiger partial charge in [-0.2, -0.15) is 0 Å². The molecule has 0 aliphatic rings. The van der Waals surface area contributed by atoms with E-state index < -0.39 is 0 Å². The van der Waals surface area contributed by atoms with Crippen LogP contribution in [0, 0.1) is 0 Å². The average Bonchev–Trinajstić information content (AvgIpc) is 2.36. The summed E-state index contributed by atoms with van der Waals surface area (Å²) in [6.07, 6.45) is 3.55. The molecule has 0 aliphatic carbocycles. The van der Waals surface area contributed by atoms with Crippen LogP contribution in [0.25, 0.3) is 0 Å². The number of rotatable bonds is 5. The van der Waals surface area contributed by atoms with Gasteiger partial charge in [0, 0.05) is 12.0 Å². The van der Waals surface area contributed by atoms with Crippen molar-refractivity contribution in [2.75, 3.05) is 0 Å². The van der Waals surface area contributed by atoms with Gasteiger partial charge >= 0.3 is 0 Å². The van der Waals surface area contributed by atoms with E-state index in [0.29, 0.717) is 12.0 Å². The third-order valence-corrected chi connectivity index (χ3v) is 4.09. The number of phenolic OH excluding ortho intramolecular Hbond substituents is 1. The molecule has 0 radical (unpaired) electrons. The Morgan fingerprint density at radius 3 is 2.05 bits per heavy atom. The van der Waals surface area contributed by atoms with E-state index in [0.717, 1.165) is 30.4 Å². The zero-order valence-corrected chi connectivity index (χ0v) is 15.3. The third kappa shape index (κ3) is 4.59. The molecule has 22 heavy (non-hydrogen) atoms. The molecule has 1 N–H and O–H groups in total. The Hall–Kier alpha value is -1.31. The number of benzene rings is 1. The number of carbonyl (C=O) groups excluding carboxylic acids is 1. The first-order valence-electron chi connectivity index (χ1n) is 8.39. The summed E-state index contributed by atoms with van der Waals surface area (Å²) in [5.74, 6) is 0.226. The molecule has 0 heterocycles. The first-order valence-corrected chi connectivity index (χ1v) is 8.39. The van der Waals surface area contributed by atoms with Crippen LogP contribution >= 0.6 is 0 Å². The molecule has 0 spiro atoms. The number of carbonyl (C=O) groups is 1. The number of aromatic hydroxyl groups is 1. The van der Waals surface area contributed by atoms with Crippen LogP contribution in [0.5, 0.6) is 5.75 Å². The second kappa shape index (κ2) is 6.85. The second-order valence-corrected chi connectivity index (χ2v) is 8.30. The van der Waals surface area contributed by atoms with Gasteiger partial charge < -0.3 is 5.11 Å². The highest BCUT2D eigenvalue weighted by Crippen LogP contribution is 2.38. The normalized spacial score (nSPS) is 12.5. The number of Topliss-reactive ketones (excluding diaryl/α,β-unsaturated/α-hetero) is 1. The Bertz CT molecular complexity index is 528. The van der Waals surface area contributed by atoms with Crippen LogP contribution in [0.4, 0.5) is 0 Å². The molecule has 2 nitrogen and oxygen atoms in total. The summed E-state index contributed by atoms with van der Waals surface area (Å²) >= 11 is 0. The Kier molecular flexibility index (Phi) is 5.83. The van der Waals surface area contributed by atoms with Gasteiger partial charge in [-0.3, -0.25) is 4.79 Å². The van der Waals surface area contributed by atoms with E-state index in [2.05, 4.69) is 54.5 Å². The van der Waals surface area contributed by atoms with E-state index >= 15 is 0 Å². The lowest BCUT2D eigenvalue weighted by Gasteiger charge is -2.27. The summed E-state index contributed by atoms with van der Waals surface area (Å²) in [6.45, 7) is 14.7. The third-order valence-electron chi connectivity index (χ3n) is 4.09. The SMILES string of the molecule is CCCCCC(=O)c1cc(C(C)(C)C)cc(C(C)(C)C)c1O. The minimum absolute atomic E-state index is 0.0495. The zero-order valence-electron chi connectivity index (χ0n) is 15.3. The van der Waals surface area contributed by atoms with E-state index in [1.54, 1.807) is 0 Å². The lowest BCUT2D eigenvalue weighted by atomic mass is 9.78. The highest BCUT2D eigenvalue weighted by Gasteiger charge is 2.26. The van der Waals surface area contributed by atoms with E-state index in [4.69, 9.17) is 0 Å². The van der Waals surface area contributed by atoms with Crippen LogP contribution in [0.15, 0.2) is 12.1 Å². The predicted molar refractivity (Wildman–Crippen MR) is 94.0 cm³/mol. The van der Waals surface area contributed by atoms with Crippen molar-refractivity contribution < 1.29 is 9.90 Å². The number of phenols is 1. The maximum atomic E-state index is 12.5. The van der Waals surface area contributed by atoms with Crippen molar-refractivity contribution in [3.8, 4) is 5.75 Å². The van der Waals surface area contributed by atoms with Gasteiger partial charge in [-0.25, -0.2) is 0 Å². The fourth-order valence-corrected chi connectivity index (χ4v) is 2.52. The van der Waals surface area contributed by atoms with Crippen molar-refractivity contribution in [1.29, 1.82) is 0 Å². The molecule has 124 valence electrons. The van der Waals surface area contributed by atoms with Crippen LogP contribution in [-0.2, 0) is 10.8 Å². The van der Waals surface area contributed by atoms with Gasteiger partial charge in [0.05, 0.1) is 5.56 Å². The van der Waals surface area contributed by atoms with Gasteiger partial charge in [-0.05, 0) is 28.9 Å². The zero-order chi connectivity index (χ0) is 17.1. The molecule has 0 unspecified atom stereocenters. The molecular formula is C20H32O2. The number of hydrogen-bond acceptors (Lipinski definition) is 2. The molecule has 0 bridgehead atoms. The lowest BCUT2D eigenvalue weighted by Crippen LogP contribution is -2.18. The largest absolute Gasteiger partial charge is 0.507 e. The van der Waals surface area contributed by atoms with E-state index in [9.17, 15) is 9.90 Å². The van der Waals surface area contributed by atoms with E-state index in [-0.39, 0.29) is 22.4 Å². The summed E-state index contributed by atoms with van der Waals surface area (Å²) in [7, 11) is 0. The van der Waals surface area contributed by atoms with Crippen molar-refractivity contribution in [1.82, 2.24) is 0 Å². The quantitative estimate of drug-likeness (QED) is 0.555. The number of hydrogen-bond donors (Lipinski definition) is 1. The molecule has 0 atom stereocenters. The highest BCUT2D eigenvalue weighted by molar-refractivity contribution is 5.99. The Labute approximate surface area is 135 Å². The smallest absolute Gasteiger partial charge is 0.166 e. The van der Waals surface area contributed by atoms with Crippen molar-refractivity contribution >= 4 is 5.78 Å². The Balaban J connectivity index is 3.34. The Morgan fingerprint density at radius 2 is 1.59 bits per heavy atom. The minimum Gasteiger partial charge on any atom is -0.507 e. The van der Waals surface area contributed by atoms with Crippen LogP contribution in [0.2, 0.25) is 0 Å². The maximum absolute atomic E-state index is 12.5. The van der Waals surface area contributed by atoms with Gasteiger partial charge in [0.1, 0.15) is 5.75 Å². The topological polar surface area (TPSA) is 37.3 Å². The first kappa shape index (κ1) is 18.7. The molecule has 0 fully saturated rings. The maximum Gasteiger partial charge on any atom is 0.166 e. The van der Waals surface area contributed by atoms with Crippen LogP contribution < -0.4 is 0 Å². The summed E-state index contributed by atoms with van der Waals surface area (Å²) in [5, 5.41) is 10.6. The fourth-order valence-electron chi connectivity index (χ4n) is 2.52. The highest BCUT2D eigenvalue weighted by atomic mass is 16.3. The molecular weight excluding hydrogens is 272 g/mol. The van der Waals surface area contributed by atoms with Crippen molar-refractivity contribution in [2.45, 2.75) is 85.0 Å². The molecule has 2 heteroatoms. The molecule has 0 saturated carbocycles. The average molecular weight is 304 g/mol. The molecule has 0 saturated heterocycles. The minimum atomic E-state index is -0.191. The van der Waals surface area contributed by atoms with Gasteiger partial charge in [0.25, 0.3) is 0 Å². The van der Waals surface area contributed by atoms with E-state index in [1.165, 1.54) is 0 Å². The molecule has 1 aromatic carbocycles. The summed E-state index contributed by atoms with van der Waals surface area (Å²) in [4.78, 5) is 12.5. The lowest BCUT2D eigenvalue weighted by molar-refractivity contribution is 0.0976. The molecule has 0 amide bonds. The van der Waals surface area contributed by atoms with Crippen LogP contribution in [0.1, 0.15) is 95.6 Å². The van der Waals surface area contributed by atoms with Crippen molar-refractivity contribution in [3.63, 3.8) is 0 Å². The molecule has 1 rings (SSSR count). The number of unbranched alkanes of at least 4 members (excludes halogenated alkanes) is 2. The summed E-state index contributed by atoms with van der Waals surface area (Å²) in [5.41, 5.74) is 2.22. The van der Waals surface area contributed by atoms with Gasteiger partial charge in [-0.15, -0.1) is 0 Å². The predicted octanol–water partition coefficient (Wildman–Crippen LogP) is 5.75. The van der Waals surface area contributed by atoms with Crippen LogP contribution in [-0.4, -0.2) is 10.9 Å². The molecule has 0 aromatic heterocycles. The summed E-state index contributed by atoms with van der Waals surface area (Å²) in [6, 6.07) is 3.94. The van der Waals surface area contributed by atoms with Crippen molar-refractivity contribution in [2.24, 2.45) is 0 Å². The van der Waals surface area contributed by atoms with Gasteiger partial charge in [-0.1, -0.05) is 67.4 Å². The number of ketones is 1. The standard InChI is InChI=1S/C20H32O2/c1-8-9-10-11-17(21)15-12-14(19(2,3)4)13-16(18(15)22)20(5,6)7/h12-13,22H,8-11H2,1-7H3. The molecule has 0 aliphatic heterocycles. The molecule has 1 aromatic rings. The second-order valence-electron chi connectivity index (χ2n) is 8.30. The van der Waals surface area contributed by atoms with Crippen LogP contribution in [0.3, 0.4) is 0 Å². The van der Waals surface area contributed by atoms with E-state index in [1.807, 2.05) is 6.07 Å². The summed E-state index contributed by atoms with van der Waals surface area (Å²) < 4.78 is 0. The monoisotopic (exact) mass is 304 g/mol. The first-order chi connectivity index (χ1) is 9.98. The fraction of sp³-hybridized carbons (Fsp3) is 0.650. The van der Waals surface area contributed by atoms with Crippen molar-refractivity contribution in [3.05, 3.63) is 28.8 Å². The Morgan fingerprint density at radius 1 is 1.00 bits per heavy atom. The van der Waals surface area contributed by atoms with Gasteiger partial charge in [0.15, 0.2) is 5.78 Å².